The van der Waals surface area contributed by atoms with E-state index in [4.69, 9.17) is 19.3 Å². The number of rotatable bonds is 6. The number of nitrogens with one attached hydrogen (secondary N) is 1. The van der Waals surface area contributed by atoms with E-state index in [0.29, 0.717) is 4.90 Å². The second-order valence-electron chi connectivity index (χ2n) is 6.30. The van der Waals surface area contributed by atoms with Gasteiger partial charge in [0.1, 0.15) is 24.4 Å². The lowest BCUT2D eigenvalue weighted by molar-refractivity contribution is -0.199. The van der Waals surface area contributed by atoms with Gasteiger partial charge in [-0.1, -0.05) is 30.0 Å². The highest BCUT2D eigenvalue weighted by Gasteiger charge is 2.59. The number of esters is 1. The number of methoxy groups -OCH3 is 1. The molecule has 9 nitrogen and oxygen atoms in total. The molecule has 0 saturated carbocycles. The lowest BCUT2D eigenvalue weighted by atomic mass is 9.90. The number of hydrogen-bond acceptors (Lipinski definition) is 9. The van der Waals surface area contributed by atoms with Crippen molar-refractivity contribution in [1.29, 1.82) is 0 Å². The molecule has 0 bridgehead atoms. The summed E-state index contributed by atoms with van der Waals surface area (Å²) in [7, 11) is 1.21. The highest BCUT2D eigenvalue weighted by atomic mass is 32.2. The molecule has 1 aromatic rings. The summed E-state index contributed by atoms with van der Waals surface area (Å²) in [5.74, 6) is -0.714. The number of aliphatic hydroxyl groups is 3. The number of carbonyl (C=O) groups excluding carboxylic acids is 2. The number of aliphatic hydroxyl groups excluding tert-OH is 3. The summed E-state index contributed by atoms with van der Waals surface area (Å²) in [6.45, 7) is -0.718. The van der Waals surface area contributed by atoms with E-state index in [1.807, 2.05) is 6.07 Å². The van der Waals surface area contributed by atoms with Crippen LogP contribution in [0.5, 0.6) is 0 Å². The first-order valence-electron chi connectivity index (χ1n) is 8.34. The van der Waals surface area contributed by atoms with Gasteiger partial charge in [0.25, 0.3) is 0 Å². The maximum atomic E-state index is 12.6. The van der Waals surface area contributed by atoms with E-state index < -0.39 is 54.1 Å². The number of fused-ring (bicyclic) bond motifs is 1. The van der Waals surface area contributed by atoms with Gasteiger partial charge in [0.15, 0.2) is 0 Å². The minimum Gasteiger partial charge on any atom is -0.466 e. The first-order valence-corrected chi connectivity index (χ1v) is 9.16. The van der Waals surface area contributed by atoms with Gasteiger partial charge in [0, 0.05) is 11.3 Å². The van der Waals surface area contributed by atoms with Crippen LogP contribution in [0.25, 0.3) is 0 Å². The zero-order valence-electron chi connectivity index (χ0n) is 14.5. The van der Waals surface area contributed by atoms with Crippen molar-refractivity contribution in [1.82, 2.24) is 5.32 Å². The summed E-state index contributed by atoms with van der Waals surface area (Å²) in [6, 6.07) is 8.16. The maximum Gasteiger partial charge on any atom is 0.407 e. The Morgan fingerprint density at radius 3 is 2.74 bits per heavy atom. The molecular weight excluding hydrogens is 378 g/mol. The third-order valence-electron chi connectivity index (χ3n) is 4.53. The number of alkyl carbamates (subject to hydrolysis) is 1. The van der Waals surface area contributed by atoms with Gasteiger partial charge >= 0.3 is 12.1 Å². The van der Waals surface area contributed by atoms with Crippen molar-refractivity contribution in [3.63, 3.8) is 0 Å². The predicted octanol–water partition coefficient (Wildman–Crippen LogP) is -0.372. The van der Waals surface area contributed by atoms with Gasteiger partial charge in [-0.15, -0.1) is 0 Å². The molecule has 2 fully saturated rings. The van der Waals surface area contributed by atoms with Gasteiger partial charge in [-0.2, -0.15) is 0 Å². The molecule has 0 aromatic heterocycles. The van der Waals surface area contributed by atoms with Gasteiger partial charge in [0.2, 0.25) is 4.93 Å². The minimum atomic E-state index is -1.61. The molecule has 0 spiro atoms. The fraction of sp³-hybridized carbons (Fsp3) is 0.529. The van der Waals surface area contributed by atoms with Crippen molar-refractivity contribution in [2.24, 2.45) is 0 Å². The predicted molar refractivity (Wildman–Crippen MR) is 92.8 cm³/mol. The first-order chi connectivity index (χ1) is 12.9. The third-order valence-corrected chi connectivity index (χ3v) is 5.80. The van der Waals surface area contributed by atoms with Crippen LogP contribution in [0.15, 0.2) is 35.2 Å². The normalized spacial score (nSPS) is 32.0. The maximum absolute atomic E-state index is 12.6. The van der Waals surface area contributed by atoms with E-state index in [2.05, 4.69) is 5.32 Å². The lowest BCUT2D eigenvalue weighted by Gasteiger charge is -2.44. The topological polar surface area (TPSA) is 135 Å². The fourth-order valence-electron chi connectivity index (χ4n) is 3.22. The zero-order valence-corrected chi connectivity index (χ0v) is 15.3. The number of amides is 1. The van der Waals surface area contributed by atoms with E-state index >= 15 is 0 Å². The van der Waals surface area contributed by atoms with Crippen LogP contribution >= 0.6 is 11.8 Å². The first kappa shape index (κ1) is 19.9. The van der Waals surface area contributed by atoms with Crippen molar-refractivity contribution in [2.45, 2.75) is 46.7 Å². The second-order valence-corrected chi connectivity index (χ2v) is 7.64. The van der Waals surface area contributed by atoms with E-state index in [1.54, 1.807) is 24.3 Å². The molecule has 3 rings (SSSR count). The van der Waals surface area contributed by atoms with Crippen LogP contribution in [-0.2, 0) is 19.0 Å². The highest BCUT2D eigenvalue weighted by molar-refractivity contribution is 8.01. The van der Waals surface area contributed by atoms with Crippen molar-refractivity contribution >= 4 is 23.8 Å². The number of carbonyl (C=O) groups is 2. The average molecular weight is 399 g/mol. The molecule has 2 aliphatic heterocycles. The molecule has 0 radical (unpaired) electrons. The number of ether oxygens (including phenoxy) is 3. The van der Waals surface area contributed by atoms with Gasteiger partial charge in [-0.25, -0.2) is 9.59 Å². The Labute approximate surface area is 159 Å². The summed E-state index contributed by atoms with van der Waals surface area (Å²) >= 11 is 1.06. The van der Waals surface area contributed by atoms with Gasteiger partial charge in [0.05, 0.1) is 19.8 Å². The van der Waals surface area contributed by atoms with Crippen molar-refractivity contribution in [3.8, 4) is 0 Å². The Morgan fingerprint density at radius 1 is 1.41 bits per heavy atom. The Morgan fingerprint density at radius 2 is 2.11 bits per heavy atom. The van der Waals surface area contributed by atoms with E-state index in [0.717, 1.165) is 11.8 Å². The number of hydrogen-bond donors (Lipinski definition) is 4. The molecule has 4 unspecified atom stereocenters. The summed E-state index contributed by atoms with van der Waals surface area (Å²) in [5, 5.41) is 32.0. The van der Waals surface area contributed by atoms with Crippen LogP contribution in [0.3, 0.4) is 0 Å². The average Bonchev–Trinajstić information content (AvgIpc) is 3.05. The quantitative estimate of drug-likeness (QED) is 0.473. The molecule has 2 saturated heterocycles. The molecule has 10 heteroatoms. The van der Waals surface area contributed by atoms with Crippen molar-refractivity contribution in [3.05, 3.63) is 30.3 Å². The van der Waals surface area contributed by atoms with Crippen LogP contribution in [-0.4, -0.2) is 76.5 Å². The summed E-state index contributed by atoms with van der Waals surface area (Å²) in [6.07, 6.45) is -5.80. The largest absolute Gasteiger partial charge is 0.466 e. The minimum absolute atomic E-state index is 0.0128. The van der Waals surface area contributed by atoms with Crippen LogP contribution in [0.1, 0.15) is 6.42 Å². The monoisotopic (exact) mass is 399 g/mol. The van der Waals surface area contributed by atoms with Crippen LogP contribution in [0, 0.1) is 0 Å². The van der Waals surface area contributed by atoms with E-state index in [9.17, 15) is 19.8 Å². The molecule has 2 heterocycles. The fourth-order valence-corrected chi connectivity index (χ4v) is 4.47. The molecule has 148 valence electrons. The molecule has 0 aliphatic carbocycles. The molecule has 2 aliphatic rings. The number of benzene rings is 1. The SMILES string of the molecule is COC(=O)C1(Sc2ccccc2)CC2OC(=O)NC2C([C@H](O)[C@H](O)CO)O1. The van der Waals surface area contributed by atoms with Crippen LogP contribution < -0.4 is 5.32 Å². The Hall–Kier alpha value is -1.85. The standard InChI is InChI=1S/C17H21NO8S/c1-24-15(22)17(27-9-5-3-2-4-6-9)7-11-12(18-16(23)25-11)14(26-17)13(21)10(20)8-19/h2-6,10-14,19-21H,7-8H2,1H3,(H,18,23)/t10-,11?,12?,13-,14?,17?/m1/s1. The summed E-state index contributed by atoms with van der Waals surface area (Å²) < 4.78 is 16.1. The van der Waals surface area contributed by atoms with E-state index in [1.165, 1.54) is 7.11 Å². The Bertz CT molecular complexity index is 689. The molecule has 4 N–H and O–H groups in total. The Balaban J connectivity index is 1.97. The van der Waals surface area contributed by atoms with Crippen molar-refractivity contribution in [2.75, 3.05) is 13.7 Å². The molecule has 1 amide bonds. The molecule has 1 aromatic carbocycles. The second kappa shape index (κ2) is 8.03. The molecule has 27 heavy (non-hydrogen) atoms. The molecular formula is C17H21NO8S. The van der Waals surface area contributed by atoms with Gasteiger partial charge in [-0.3, -0.25) is 0 Å². The van der Waals surface area contributed by atoms with Crippen molar-refractivity contribution < 1.29 is 39.1 Å². The van der Waals surface area contributed by atoms with Gasteiger partial charge < -0.3 is 34.8 Å². The summed E-state index contributed by atoms with van der Waals surface area (Å²) in [4.78, 5) is 23.5. The van der Waals surface area contributed by atoms with Crippen LogP contribution in [0.2, 0.25) is 0 Å². The van der Waals surface area contributed by atoms with E-state index in [-0.39, 0.29) is 6.42 Å². The highest BCUT2D eigenvalue weighted by Crippen LogP contribution is 2.46. The summed E-state index contributed by atoms with van der Waals surface area (Å²) in [5.41, 5.74) is 0. The number of thioether (sulfide) groups is 1. The smallest absolute Gasteiger partial charge is 0.407 e. The van der Waals surface area contributed by atoms with Crippen LogP contribution in [0.4, 0.5) is 4.79 Å². The Kier molecular flexibility index (Phi) is 5.92. The lowest BCUT2D eigenvalue weighted by Crippen LogP contribution is -2.63. The molecule has 6 atom stereocenters. The zero-order chi connectivity index (χ0) is 19.6. The third kappa shape index (κ3) is 3.90. The van der Waals surface area contributed by atoms with Gasteiger partial charge in [-0.05, 0) is 12.1 Å².